The zero-order valence-electron chi connectivity index (χ0n) is 23.9. The zero-order valence-corrected chi connectivity index (χ0v) is 23.9. The molecule has 228 valence electrons. The van der Waals surface area contributed by atoms with Crippen LogP contribution in [-0.2, 0) is 4.74 Å². The third-order valence-corrected chi connectivity index (χ3v) is 9.63. The molecule has 3 aromatic carbocycles. The van der Waals surface area contributed by atoms with E-state index < -0.39 is 47.1 Å². The molecule has 1 aliphatic heterocycles. The Morgan fingerprint density at radius 1 is 0.674 bits per heavy atom. The summed E-state index contributed by atoms with van der Waals surface area (Å²) in [6, 6.07) is 9.32. The van der Waals surface area contributed by atoms with Crippen LogP contribution in [-0.4, -0.2) is 11.7 Å². The first-order chi connectivity index (χ1) is 20.7. The number of ether oxygens (including phenoxy) is 1. The molecule has 1 saturated carbocycles. The monoisotopic (exact) mass is 600 g/mol. The predicted octanol–water partition coefficient (Wildman–Crippen LogP) is 9.83. The molecular weight excluding hydrogens is 566 g/mol. The molecule has 6 rings (SSSR count). The van der Waals surface area contributed by atoms with Gasteiger partial charge < -0.3 is 9.84 Å². The second-order valence-electron chi connectivity index (χ2n) is 12.1. The summed E-state index contributed by atoms with van der Waals surface area (Å²) in [6.07, 6.45) is 3.85. The Bertz CT molecular complexity index is 1550. The minimum absolute atomic E-state index is 0.0566. The van der Waals surface area contributed by atoms with Gasteiger partial charge in [-0.3, -0.25) is 0 Å². The van der Waals surface area contributed by atoms with E-state index in [2.05, 4.69) is 0 Å². The van der Waals surface area contributed by atoms with Gasteiger partial charge in [-0.05, 0) is 91.4 Å². The van der Waals surface area contributed by atoms with Gasteiger partial charge in [-0.25, -0.2) is 26.3 Å². The molecule has 3 aliphatic rings. The Hall–Kier alpha value is -3.10. The second kappa shape index (κ2) is 12.1. The first-order valence-electron chi connectivity index (χ1n) is 15.1. The van der Waals surface area contributed by atoms with Gasteiger partial charge in [0.1, 0.15) is 6.10 Å². The summed E-state index contributed by atoms with van der Waals surface area (Å²) in [5.41, 5.74) is 1.81. The fourth-order valence-corrected chi connectivity index (χ4v) is 6.95. The quantitative estimate of drug-likeness (QED) is 0.216. The number of hydrogen-bond acceptors (Lipinski definition) is 2. The fourth-order valence-electron chi connectivity index (χ4n) is 6.95. The molecule has 2 nitrogen and oxygen atoms in total. The molecule has 3 unspecified atom stereocenters. The number of allylic oxidation sites excluding steroid dienone is 2. The number of epoxide rings is 1. The van der Waals surface area contributed by atoms with Crippen LogP contribution in [0.5, 0.6) is 0 Å². The highest BCUT2D eigenvalue weighted by Gasteiger charge is 2.33. The minimum Gasteiger partial charge on any atom is -0.388 e. The molecule has 3 aromatic rings. The highest BCUT2D eigenvalue weighted by molar-refractivity contribution is 5.67. The number of aliphatic hydroxyl groups excluding tert-OH is 1. The lowest BCUT2D eigenvalue weighted by Crippen LogP contribution is -2.16. The summed E-state index contributed by atoms with van der Waals surface area (Å²) < 4.78 is 94.7. The first-order valence-corrected chi connectivity index (χ1v) is 15.1. The van der Waals surface area contributed by atoms with Crippen molar-refractivity contribution in [1.82, 2.24) is 0 Å². The van der Waals surface area contributed by atoms with Crippen LogP contribution in [0.4, 0.5) is 26.3 Å². The summed E-state index contributed by atoms with van der Waals surface area (Å²) in [6.45, 7) is 2.06. The van der Waals surface area contributed by atoms with Gasteiger partial charge in [0.05, 0.1) is 12.7 Å². The Kier molecular flexibility index (Phi) is 8.44. The van der Waals surface area contributed by atoms with Crippen molar-refractivity contribution in [1.29, 1.82) is 0 Å². The van der Waals surface area contributed by atoms with Gasteiger partial charge in [0.25, 0.3) is 0 Å². The highest BCUT2D eigenvalue weighted by Crippen LogP contribution is 2.45. The van der Waals surface area contributed by atoms with E-state index in [1.807, 2.05) is 0 Å². The van der Waals surface area contributed by atoms with Crippen molar-refractivity contribution in [2.24, 2.45) is 0 Å². The molecule has 3 atom stereocenters. The Labute approximate surface area is 247 Å². The van der Waals surface area contributed by atoms with Crippen LogP contribution < -0.4 is 0 Å². The van der Waals surface area contributed by atoms with Crippen LogP contribution in [0.1, 0.15) is 122 Å². The van der Waals surface area contributed by atoms with Gasteiger partial charge in [-0.1, -0.05) is 49.4 Å². The molecule has 43 heavy (non-hydrogen) atoms. The van der Waals surface area contributed by atoms with Crippen LogP contribution in [0.15, 0.2) is 42.5 Å². The highest BCUT2D eigenvalue weighted by atomic mass is 19.2. The largest absolute Gasteiger partial charge is 0.388 e. The van der Waals surface area contributed by atoms with Crippen LogP contribution in [0.2, 0.25) is 0 Å². The van der Waals surface area contributed by atoms with Crippen molar-refractivity contribution in [3.63, 3.8) is 0 Å². The molecular formula is C35H34F6O2. The summed E-state index contributed by atoms with van der Waals surface area (Å²) in [5, 5.41) is 9.95. The van der Waals surface area contributed by atoms with Crippen LogP contribution in [0.3, 0.4) is 0 Å². The van der Waals surface area contributed by atoms with E-state index in [0.29, 0.717) is 57.1 Å². The molecule has 0 amide bonds. The lowest BCUT2D eigenvalue weighted by molar-refractivity contribution is 0.167. The molecule has 2 aliphatic carbocycles. The Morgan fingerprint density at radius 3 is 1.72 bits per heavy atom. The van der Waals surface area contributed by atoms with Gasteiger partial charge in [-0.15, -0.1) is 0 Å². The third-order valence-electron chi connectivity index (χ3n) is 9.63. The average molecular weight is 601 g/mol. The number of rotatable bonds is 7. The molecule has 0 bridgehead atoms. The molecule has 0 spiro atoms. The Morgan fingerprint density at radius 2 is 1.19 bits per heavy atom. The first kappa shape index (κ1) is 29.9. The van der Waals surface area contributed by atoms with E-state index in [4.69, 9.17) is 4.74 Å². The molecule has 1 heterocycles. The van der Waals surface area contributed by atoms with Crippen molar-refractivity contribution in [3.8, 4) is 0 Å². The van der Waals surface area contributed by atoms with Crippen LogP contribution >= 0.6 is 0 Å². The van der Waals surface area contributed by atoms with E-state index >= 15 is 8.78 Å². The van der Waals surface area contributed by atoms with Crippen molar-refractivity contribution in [2.75, 3.05) is 6.61 Å². The van der Waals surface area contributed by atoms with Crippen LogP contribution in [0, 0.1) is 34.9 Å². The minimum atomic E-state index is -1.07. The van der Waals surface area contributed by atoms with E-state index in [-0.39, 0.29) is 57.6 Å². The molecule has 1 N–H and O–H groups in total. The smallest absolute Gasteiger partial charge is 0.166 e. The average Bonchev–Trinajstić information content (AvgIpc) is 3.87. The van der Waals surface area contributed by atoms with E-state index in [1.165, 1.54) is 12.1 Å². The maximum atomic E-state index is 15.4. The number of benzene rings is 3. The van der Waals surface area contributed by atoms with Gasteiger partial charge in [0.15, 0.2) is 34.9 Å². The molecule has 0 radical (unpaired) electrons. The van der Waals surface area contributed by atoms with Gasteiger partial charge in [0, 0.05) is 16.7 Å². The van der Waals surface area contributed by atoms with E-state index in [0.717, 1.165) is 0 Å². The Balaban J connectivity index is 1.13. The third kappa shape index (κ3) is 5.64. The van der Waals surface area contributed by atoms with Gasteiger partial charge in [-0.2, -0.15) is 0 Å². The van der Waals surface area contributed by atoms with Crippen molar-refractivity contribution < 1.29 is 36.2 Å². The SMILES string of the molecule is CCC(O)c1ccc(C2CCC(c3ccc(C4CC=C(c5ccc(C6CO6)c(F)c5F)CC4)c(F)c3F)CC2)c(F)c1F. The standard InChI is InChI=1S/C35H34F6O2/c1-2-28(42)26-15-13-24(32(38)34(26)40)20-7-3-18(4-8-20)22-11-12-23(31(37)30(22)36)19-5-9-21(10-6-19)25-14-16-27(29-17-43-29)35(41)33(25)39/h9,11-16,18-20,28-29,42H,2-8,10,17H2,1H3. The lowest BCUT2D eigenvalue weighted by Gasteiger charge is -2.30. The molecule has 8 heteroatoms. The van der Waals surface area contributed by atoms with Gasteiger partial charge in [0.2, 0.25) is 0 Å². The summed E-state index contributed by atoms with van der Waals surface area (Å²) in [7, 11) is 0. The zero-order chi connectivity index (χ0) is 30.4. The second-order valence-corrected chi connectivity index (χ2v) is 12.1. The van der Waals surface area contributed by atoms with Crippen molar-refractivity contribution in [3.05, 3.63) is 111 Å². The predicted molar refractivity (Wildman–Crippen MR) is 152 cm³/mol. The maximum Gasteiger partial charge on any atom is 0.166 e. The number of hydrogen-bond donors (Lipinski definition) is 1. The summed E-state index contributed by atoms with van der Waals surface area (Å²) in [5.74, 6) is -6.32. The maximum absolute atomic E-state index is 15.4. The fraction of sp³-hybridized carbons (Fsp3) is 0.429. The van der Waals surface area contributed by atoms with Gasteiger partial charge >= 0.3 is 0 Å². The van der Waals surface area contributed by atoms with E-state index in [9.17, 15) is 22.7 Å². The molecule has 0 aromatic heterocycles. The topological polar surface area (TPSA) is 32.8 Å². The summed E-state index contributed by atoms with van der Waals surface area (Å²) >= 11 is 0. The normalized spacial score (nSPS) is 24.5. The van der Waals surface area contributed by atoms with Crippen molar-refractivity contribution >= 4 is 5.57 Å². The lowest BCUT2D eigenvalue weighted by atomic mass is 9.75. The van der Waals surface area contributed by atoms with Crippen molar-refractivity contribution in [2.45, 2.75) is 88.3 Å². The number of halogens is 6. The number of aliphatic hydroxyl groups is 1. The molecule has 1 saturated heterocycles. The van der Waals surface area contributed by atoms with Crippen LogP contribution in [0.25, 0.3) is 5.57 Å². The summed E-state index contributed by atoms with van der Waals surface area (Å²) in [4.78, 5) is 0. The molecule has 2 fully saturated rings. The van der Waals surface area contributed by atoms with E-state index in [1.54, 1.807) is 37.3 Å².